The molecule has 0 aromatic rings. The van der Waals surface area contributed by atoms with E-state index in [-0.39, 0.29) is 0 Å². The highest BCUT2D eigenvalue weighted by atomic mass is 15.1. The van der Waals surface area contributed by atoms with Crippen LogP contribution in [-0.4, -0.2) is 36.6 Å². The lowest BCUT2D eigenvalue weighted by Crippen LogP contribution is -2.47. The van der Waals surface area contributed by atoms with Crippen molar-refractivity contribution in [2.75, 3.05) is 13.6 Å². The molecule has 0 spiro atoms. The third-order valence-electron chi connectivity index (χ3n) is 3.72. The average Bonchev–Trinajstić information content (AvgIpc) is 2.20. The van der Waals surface area contributed by atoms with Gasteiger partial charge in [-0.25, -0.2) is 0 Å². The van der Waals surface area contributed by atoms with Crippen LogP contribution >= 0.6 is 0 Å². The summed E-state index contributed by atoms with van der Waals surface area (Å²) in [5, 5.41) is 3.78. The molecule has 0 amide bonds. The maximum absolute atomic E-state index is 3.78. The highest BCUT2D eigenvalue weighted by Crippen LogP contribution is 2.16. The molecule has 0 aromatic heterocycles. The van der Waals surface area contributed by atoms with Gasteiger partial charge in [-0.2, -0.15) is 0 Å². The van der Waals surface area contributed by atoms with Gasteiger partial charge in [0, 0.05) is 18.1 Å². The van der Waals surface area contributed by atoms with E-state index in [9.17, 15) is 0 Å². The summed E-state index contributed by atoms with van der Waals surface area (Å²) < 4.78 is 0. The fourth-order valence-electron chi connectivity index (χ4n) is 2.44. The third kappa shape index (κ3) is 4.52. The second kappa shape index (κ2) is 6.49. The largest absolute Gasteiger partial charge is 0.311 e. The Balaban J connectivity index is 2.21. The first kappa shape index (κ1) is 13.0. The highest BCUT2D eigenvalue weighted by Gasteiger charge is 2.23. The van der Waals surface area contributed by atoms with Gasteiger partial charge in [-0.15, -0.1) is 0 Å². The zero-order chi connectivity index (χ0) is 11.3. The smallest absolute Gasteiger partial charge is 0.00964 e. The summed E-state index contributed by atoms with van der Waals surface area (Å²) in [4.78, 5) is 2.47. The Bertz CT molecular complexity index is 170. The molecule has 1 saturated heterocycles. The fourth-order valence-corrected chi connectivity index (χ4v) is 2.44. The van der Waals surface area contributed by atoms with E-state index >= 15 is 0 Å². The van der Waals surface area contributed by atoms with Gasteiger partial charge < -0.3 is 10.2 Å². The van der Waals surface area contributed by atoms with Crippen LogP contribution in [0.2, 0.25) is 0 Å². The molecule has 3 unspecified atom stereocenters. The molecule has 0 saturated carbocycles. The van der Waals surface area contributed by atoms with E-state index < -0.39 is 0 Å². The van der Waals surface area contributed by atoms with E-state index in [1.165, 1.54) is 38.6 Å². The molecule has 15 heavy (non-hydrogen) atoms. The molecular weight excluding hydrogens is 184 g/mol. The summed E-state index contributed by atoms with van der Waals surface area (Å²) in [6.45, 7) is 8.19. The molecule has 0 aromatic carbocycles. The zero-order valence-corrected chi connectivity index (χ0v) is 10.9. The molecule has 1 aliphatic heterocycles. The summed E-state index contributed by atoms with van der Waals surface area (Å²) in [6.07, 6.45) is 6.63. The number of piperidine rings is 1. The minimum absolute atomic E-state index is 0.700. The van der Waals surface area contributed by atoms with Crippen LogP contribution in [0.4, 0.5) is 0 Å². The van der Waals surface area contributed by atoms with Crippen molar-refractivity contribution in [2.24, 2.45) is 0 Å². The Morgan fingerprint density at radius 1 is 1.47 bits per heavy atom. The molecule has 1 rings (SSSR count). The molecule has 0 bridgehead atoms. The van der Waals surface area contributed by atoms with Crippen molar-refractivity contribution in [3.63, 3.8) is 0 Å². The number of hydrogen-bond donors (Lipinski definition) is 1. The van der Waals surface area contributed by atoms with Gasteiger partial charge in [-0.3, -0.25) is 0 Å². The van der Waals surface area contributed by atoms with Gasteiger partial charge in [0.15, 0.2) is 0 Å². The van der Waals surface area contributed by atoms with Crippen LogP contribution in [0.25, 0.3) is 0 Å². The summed E-state index contributed by atoms with van der Waals surface area (Å²) in [5.74, 6) is 0. The minimum atomic E-state index is 0.700. The highest BCUT2D eigenvalue weighted by molar-refractivity contribution is 4.82. The van der Waals surface area contributed by atoms with E-state index in [0.717, 1.165) is 12.1 Å². The van der Waals surface area contributed by atoms with E-state index in [1.807, 2.05) is 0 Å². The van der Waals surface area contributed by atoms with Gasteiger partial charge in [-0.1, -0.05) is 19.8 Å². The van der Waals surface area contributed by atoms with E-state index in [1.54, 1.807) is 0 Å². The molecule has 2 nitrogen and oxygen atoms in total. The van der Waals surface area contributed by atoms with Crippen LogP contribution < -0.4 is 5.32 Å². The molecular formula is C13H28N2. The number of likely N-dealkylation sites (tertiary alicyclic amines) is 1. The zero-order valence-electron chi connectivity index (χ0n) is 10.9. The molecule has 0 radical (unpaired) electrons. The fraction of sp³-hybridized carbons (Fsp3) is 1.00. The molecule has 1 aliphatic rings. The van der Waals surface area contributed by atoms with Crippen molar-refractivity contribution in [3.8, 4) is 0 Å². The Kier molecular flexibility index (Phi) is 5.62. The molecule has 90 valence electrons. The molecule has 1 N–H and O–H groups in total. The predicted molar refractivity (Wildman–Crippen MR) is 67.2 cm³/mol. The summed E-state index contributed by atoms with van der Waals surface area (Å²) >= 11 is 0. The number of nitrogens with one attached hydrogen (secondary N) is 1. The van der Waals surface area contributed by atoms with Crippen molar-refractivity contribution >= 4 is 0 Å². The minimum Gasteiger partial charge on any atom is -0.311 e. The molecule has 0 aliphatic carbocycles. The molecule has 2 heteroatoms. The van der Waals surface area contributed by atoms with Crippen LogP contribution in [-0.2, 0) is 0 Å². The summed E-state index contributed by atoms with van der Waals surface area (Å²) in [5.41, 5.74) is 0. The van der Waals surface area contributed by atoms with Gasteiger partial charge in [0.2, 0.25) is 0 Å². The van der Waals surface area contributed by atoms with Crippen LogP contribution in [0.1, 0.15) is 52.9 Å². The normalized spacial score (nSPS) is 30.4. The van der Waals surface area contributed by atoms with Gasteiger partial charge in [-0.05, 0) is 46.7 Å². The van der Waals surface area contributed by atoms with Gasteiger partial charge >= 0.3 is 0 Å². The van der Waals surface area contributed by atoms with E-state index in [4.69, 9.17) is 0 Å². The van der Waals surface area contributed by atoms with Gasteiger partial charge in [0.25, 0.3) is 0 Å². The van der Waals surface area contributed by atoms with Crippen molar-refractivity contribution in [2.45, 2.75) is 71.0 Å². The second-order valence-corrected chi connectivity index (χ2v) is 5.26. The van der Waals surface area contributed by atoms with Crippen LogP contribution in [0.3, 0.4) is 0 Å². The lowest BCUT2D eigenvalue weighted by Gasteiger charge is -2.36. The van der Waals surface area contributed by atoms with Gasteiger partial charge in [0.05, 0.1) is 0 Å². The Labute approximate surface area is 95.4 Å². The summed E-state index contributed by atoms with van der Waals surface area (Å²) in [7, 11) is 2.24. The van der Waals surface area contributed by atoms with Crippen molar-refractivity contribution in [1.29, 1.82) is 0 Å². The quantitative estimate of drug-likeness (QED) is 0.753. The first-order valence-electron chi connectivity index (χ1n) is 6.59. The topological polar surface area (TPSA) is 15.3 Å². The number of unbranched alkanes of at least 4 members (excludes halogenated alkanes) is 1. The third-order valence-corrected chi connectivity index (χ3v) is 3.72. The first-order valence-corrected chi connectivity index (χ1v) is 6.59. The van der Waals surface area contributed by atoms with Crippen LogP contribution in [0.15, 0.2) is 0 Å². The number of rotatable bonds is 5. The number of nitrogens with zero attached hydrogens (tertiary/aromatic N) is 1. The SMILES string of the molecule is CCCCC(C)NC1CCN(C)C(C)C1. The van der Waals surface area contributed by atoms with Crippen LogP contribution in [0, 0.1) is 0 Å². The Hall–Kier alpha value is -0.0800. The molecule has 3 atom stereocenters. The van der Waals surface area contributed by atoms with Crippen LogP contribution in [0.5, 0.6) is 0 Å². The Morgan fingerprint density at radius 2 is 2.20 bits per heavy atom. The lowest BCUT2D eigenvalue weighted by atomic mass is 9.97. The average molecular weight is 212 g/mol. The monoisotopic (exact) mass is 212 g/mol. The van der Waals surface area contributed by atoms with Crippen molar-refractivity contribution < 1.29 is 0 Å². The van der Waals surface area contributed by atoms with Crippen molar-refractivity contribution in [1.82, 2.24) is 10.2 Å². The lowest BCUT2D eigenvalue weighted by molar-refractivity contribution is 0.162. The maximum atomic E-state index is 3.78. The van der Waals surface area contributed by atoms with E-state index in [2.05, 4.69) is 38.0 Å². The van der Waals surface area contributed by atoms with Gasteiger partial charge in [0.1, 0.15) is 0 Å². The molecule has 1 heterocycles. The van der Waals surface area contributed by atoms with E-state index in [0.29, 0.717) is 6.04 Å². The van der Waals surface area contributed by atoms with Crippen molar-refractivity contribution in [3.05, 3.63) is 0 Å². The maximum Gasteiger partial charge on any atom is 0.00964 e. The Morgan fingerprint density at radius 3 is 2.80 bits per heavy atom. The molecule has 1 fully saturated rings. The number of hydrogen-bond acceptors (Lipinski definition) is 2. The second-order valence-electron chi connectivity index (χ2n) is 5.26. The first-order chi connectivity index (χ1) is 7.13. The predicted octanol–water partition coefficient (Wildman–Crippen LogP) is 2.64. The summed E-state index contributed by atoms with van der Waals surface area (Å²) in [6, 6.07) is 2.20. The standard InChI is InChI=1S/C13H28N2/c1-5-6-7-11(2)14-13-8-9-15(4)12(3)10-13/h11-14H,5-10H2,1-4H3.